The number of amides is 5. The average molecular weight is 866 g/mol. The van der Waals surface area contributed by atoms with E-state index in [1.807, 2.05) is 29.2 Å². The van der Waals surface area contributed by atoms with E-state index in [4.69, 9.17) is 30.1 Å². The standard InChI is InChI=1S/C44H48FN9O9/c1-60-35-4-2-3-32(45)38(35)41-49-26-33(46)40(51-41)39(47)27-5-8-29(9-6-27)52-15-17-53(18-16-52)37(56)13-19-61-21-23-63-24-22-62-20-14-48-28-7-10-30-31(25-28)44(59)54(43(30)58)34-11-12-36(55)50-42(34)57/h2-10,25-26,34,47-48H,11-24,46H2,1H3,(H,50,55,57). The van der Waals surface area contributed by atoms with Crippen LogP contribution in [-0.4, -0.2) is 141 Å². The molecule has 19 heteroatoms. The lowest BCUT2D eigenvalue weighted by Gasteiger charge is -2.36. The molecular formula is C44H48FN9O9. The van der Waals surface area contributed by atoms with Crippen LogP contribution in [0, 0.1) is 11.2 Å². The summed E-state index contributed by atoms with van der Waals surface area (Å²) in [5.41, 5.74) is 9.23. The Balaban J connectivity index is 0.737. The number of hydrogen-bond acceptors (Lipinski definition) is 15. The molecule has 5 amide bonds. The van der Waals surface area contributed by atoms with Gasteiger partial charge in [0.25, 0.3) is 11.8 Å². The molecule has 1 aromatic heterocycles. The van der Waals surface area contributed by atoms with Crippen molar-refractivity contribution in [1.29, 1.82) is 5.41 Å². The largest absolute Gasteiger partial charge is 0.496 e. The Morgan fingerprint density at radius 3 is 2.32 bits per heavy atom. The van der Waals surface area contributed by atoms with E-state index in [0.29, 0.717) is 77.0 Å². The van der Waals surface area contributed by atoms with Gasteiger partial charge in [-0.15, -0.1) is 0 Å². The molecule has 0 aliphatic carbocycles. The number of piperazine rings is 1. The van der Waals surface area contributed by atoms with Crippen LogP contribution in [0.25, 0.3) is 11.4 Å². The van der Waals surface area contributed by atoms with E-state index in [-0.39, 0.29) is 77.1 Å². The van der Waals surface area contributed by atoms with Gasteiger partial charge in [-0.2, -0.15) is 0 Å². The number of imide groups is 2. The predicted octanol–water partition coefficient (Wildman–Crippen LogP) is 2.89. The zero-order valence-corrected chi connectivity index (χ0v) is 34.7. The van der Waals surface area contributed by atoms with Crippen LogP contribution in [0.3, 0.4) is 0 Å². The molecule has 4 aromatic rings. The minimum Gasteiger partial charge on any atom is -0.496 e. The van der Waals surface area contributed by atoms with Crippen LogP contribution in [0.5, 0.6) is 5.75 Å². The minimum absolute atomic E-state index is 0.0189. The third kappa shape index (κ3) is 10.3. The van der Waals surface area contributed by atoms with Crippen molar-refractivity contribution in [1.82, 2.24) is 25.1 Å². The van der Waals surface area contributed by atoms with Crippen molar-refractivity contribution in [3.8, 4) is 17.1 Å². The Bertz CT molecular complexity index is 2370. The first-order valence-electron chi connectivity index (χ1n) is 20.5. The van der Waals surface area contributed by atoms with Gasteiger partial charge in [0.1, 0.15) is 23.3 Å². The van der Waals surface area contributed by atoms with Crippen molar-refractivity contribution >= 4 is 52.3 Å². The van der Waals surface area contributed by atoms with Crippen molar-refractivity contribution in [2.24, 2.45) is 0 Å². The Kier molecular flexibility index (Phi) is 14.3. The third-order valence-corrected chi connectivity index (χ3v) is 10.8. The molecule has 1 unspecified atom stereocenters. The smallest absolute Gasteiger partial charge is 0.262 e. The van der Waals surface area contributed by atoms with Crippen LogP contribution in [0.15, 0.2) is 66.9 Å². The number of carbonyl (C=O) groups excluding carboxylic acids is 5. The average Bonchev–Trinajstić information content (AvgIpc) is 3.54. The number of hydrogen-bond donors (Lipinski definition) is 4. The van der Waals surface area contributed by atoms with E-state index >= 15 is 0 Å². The maximum atomic E-state index is 14.7. The summed E-state index contributed by atoms with van der Waals surface area (Å²) in [5.74, 6) is -2.40. The van der Waals surface area contributed by atoms with Crippen LogP contribution >= 0.6 is 0 Å². The molecule has 2 fully saturated rings. The Morgan fingerprint density at radius 1 is 0.905 bits per heavy atom. The monoisotopic (exact) mass is 865 g/mol. The number of nitrogens with one attached hydrogen (secondary N) is 3. The van der Waals surface area contributed by atoms with Gasteiger partial charge < -0.3 is 39.8 Å². The summed E-state index contributed by atoms with van der Waals surface area (Å²) in [6.07, 6.45) is 1.77. The summed E-state index contributed by atoms with van der Waals surface area (Å²) in [6.45, 7) is 4.88. The second kappa shape index (κ2) is 20.4. The molecule has 0 radical (unpaired) electrons. The van der Waals surface area contributed by atoms with Crippen molar-refractivity contribution < 1.29 is 47.3 Å². The van der Waals surface area contributed by atoms with E-state index in [1.54, 1.807) is 24.3 Å². The summed E-state index contributed by atoms with van der Waals surface area (Å²) < 4.78 is 36.8. The van der Waals surface area contributed by atoms with Gasteiger partial charge >= 0.3 is 0 Å². The first kappa shape index (κ1) is 44.2. The number of piperidine rings is 1. The molecule has 1 atom stereocenters. The molecule has 2 saturated heterocycles. The molecular weight excluding hydrogens is 818 g/mol. The molecule has 330 valence electrons. The summed E-state index contributed by atoms with van der Waals surface area (Å²) >= 11 is 0. The second-order valence-electron chi connectivity index (χ2n) is 14.8. The number of anilines is 3. The molecule has 0 bridgehead atoms. The number of fused-ring (bicyclic) bond motifs is 1. The summed E-state index contributed by atoms with van der Waals surface area (Å²) in [7, 11) is 1.43. The minimum atomic E-state index is -1.01. The zero-order chi connectivity index (χ0) is 44.5. The molecule has 63 heavy (non-hydrogen) atoms. The normalized spacial score (nSPS) is 16.3. The van der Waals surface area contributed by atoms with Gasteiger partial charge in [0.05, 0.1) is 87.5 Å². The molecule has 4 heterocycles. The molecule has 0 spiro atoms. The van der Waals surface area contributed by atoms with Crippen molar-refractivity contribution in [2.45, 2.75) is 25.3 Å². The third-order valence-electron chi connectivity index (χ3n) is 10.8. The van der Waals surface area contributed by atoms with Gasteiger partial charge in [0.2, 0.25) is 17.7 Å². The fourth-order valence-electron chi connectivity index (χ4n) is 7.50. The van der Waals surface area contributed by atoms with E-state index in [0.717, 1.165) is 10.6 Å². The maximum absolute atomic E-state index is 14.7. The number of nitrogens with two attached hydrogens (primary N) is 1. The number of aromatic nitrogens is 2. The van der Waals surface area contributed by atoms with E-state index in [1.165, 1.54) is 25.4 Å². The van der Waals surface area contributed by atoms with Crippen LogP contribution in [0.2, 0.25) is 0 Å². The Labute approximate surface area is 362 Å². The fraction of sp³-hybridized carbons (Fsp3) is 0.364. The number of ether oxygens (including phenoxy) is 4. The quantitative estimate of drug-likeness (QED) is 0.0604. The van der Waals surface area contributed by atoms with Crippen LogP contribution in [0.1, 0.15) is 51.2 Å². The zero-order valence-electron chi connectivity index (χ0n) is 34.7. The number of nitrogens with zero attached hydrogens (tertiary/aromatic N) is 5. The summed E-state index contributed by atoms with van der Waals surface area (Å²) in [6, 6.07) is 15.7. The number of nitrogen functional groups attached to an aromatic ring is 1. The topological polar surface area (TPSA) is 232 Å². The van der Waals surface area contributed by atoms with E-state index in [9.17, 15) is 28.4 Å². The number of halogens is 1. The maximum Gasteiger partial charge on any atom is 0.262 e. The molecule has 18 nitrogen and oxygen atoms in total. The second-order valence-corrected chi connectivity index (χ2v) is 14.8. The lowest BCUT2D eigenvalue weighted by atomic mass is 10.0. The molecule has 0 saturated carbocycles. The van der Waals surface area contributed by atoms with Crippen LogP contribution in [0.4, 0.5) is 21.5 Å². The van der Waals surface area contributed by atoms with Crippen molar-refractivity contribution in [2.75, 3.05) is 95.4 Å². The summed E-state index contributed by atoms with van der Waals surface area (Å²) in [4.78, 5) is 76.1. The summed E-state index contributed by atoms with van der Waals surface area (Å²) in [5, 5.41) is 14.2. The van der Waals surface area contributed by atoms with Crippen molar-refractivity contribution in [3.05, 3.63) is 95.1 Å². The number of benzene rings is 3. The lowest BCUT2D eigenvalue weighted by molar-refractivity contribution is -0.136. The molecule has 3 aliphatic heterocycles. The van der Waals surface area contributed by atoms with E-state index < -0.39 is 35.5 Å². The van der Waals surface area contributed by atoms with E-state index in [2.05, 4.69) is 25.5 Å². The molecule has 7 rings (SSSR count). The number of rotatable bonds is 19. The van der Waals surface area contributed by atoms with Crippen molar-refractivity contribution in [3.63, 3.8) is 0 Å². The number of methoxy groups -OCH3 is 1. The van der Waals surface area contributed by atoms with Crippen LogP contribution in [-0.2, 0) is 28.6 Å². The molecule has 5 N–H and O–H groups in total. The van der Waals surface area contributed by atoms with Gasteiger partial charge in [-0.25, -0.2) is 14.4 Å². The van der Waals surface area contributed by atoms with Crippen LogP contribution < -0.4 is 26.0 Å². The van der Waals surface area contributed by atoms with Gasteiger partial charge in [0.15, 0.2) is 5.82 Å². The molecule has 3 aliphatic rings. The predicted molar refractivity (Wildman–Crippen MR) is 228 cm³/mol. The Hall–Kier alpha value is -6.83. The highest BCUT2D eigenvalue weighted by molar-refractivity contribution is 6.23. The number of carbonyl (C=O) groups is 5. The Morgan fingerprint density at radius 2 is 1.60 bits per heavy atom. The molecule has 3 aromatic carbocycles. The fourth-order valence-corrected chi connectivity index (χ4v) is 7.50. The SMILES string of the molecule is COc1cccc(F)c1-c1ncc(N)c(C(=N)c2ccc(N3CCN(C(=O)CCOCCOCCOCCNc4ccc5c(c4)C(=O)N(C4CCC(=O)NC4=O)C5=O)CC3)cc2)n1. The first-order chi connectivity index (χ1) is 30.5. The van der Waals surface area contributed by atoms with Gasteiger partial charge in [-0.05, 0) is 48.9 Å². The lowest BCUT2D eigenvalue weighted by Crippen LogP contribution is -2.54. The van der Waals surface area contributed by atoms with Gasteiger partial charge in [-0.3, -0.25) is 39.6 Å². The van der Waals surface area contributed by atoms with Gasteiger partial charge in [0, 0.05) is 56.1 Å². The first-order valence-corrected chi connectivity index (χ1v) is 20.5. The highest BCUT2D eigenvalue weighted by Gasteiger charge is 2.44. The highest BCUT2D eigenvalue weighted by Crippen LogP contribution is 2.32. The van der Waals surface area contributed by atoms with Gasteiger partial charge in [-0.1, -0.05) is 18.2 Å². The highest BCUT2D eigenvalue weighted by atomic mass is 19.1.